The predicted molar refractivity (Wildman–Crippen MR) is 55.6 cm³/mol. The molecule has 2 heterocycles. The fourth-order valence-corrected chi connectivity index (χ4v) is 1.89. The zero-order chi connectivity index (χ0) is 9.97. The minimum atomic E-state index is -0.313. The molecule has 0 aliphatic carbocycles. The molecule has 1 aliphatic rings. The van der Waals surface area contributed by atoms with Crippen LogP contribution in [0.2, 0.25) is 0 Å². The van der Waals surface area contributed by atoms with Gasteiger partial charge in [0.2, 0.25) is 0 Å². The van der Waals surface area contributed by atoms with Crippen molar-refractivity contribution in [1.82, 2.24) is 4.98 Å². The van der Waals surface area contributed by atoms with Crippen molar-refractivity contribution in [1.29, 1.82) is 0 Å². The molecule has 0 N–H and O–H groups in total. The van der Waals surface area contributed by atoms with Gasteiger partial charge in [-0.1, -0.05) is 5.46 Å². The molecule has 1 saturated heterocycles. The Bertz CT molecular complexity index is 304. The van der Waals surface area contributed by atoms with E-state index in [1.165, 1.54) is 18.8 Å². The molecule has 1 aromatic rings. The first-order valence-electron chi connectivity index (χ1n) is 4.93. The number of anilines is 1. The summed E-state index contributed by atoms with van der Waals surface area (Å²) in [4.78, 5) is 5.72. The molecule has 0 atom stereocenters. The predicted octanol–water partition coefficient (Wildman–Crippen LogP) is 1.00. The molecular weight excluding hydrogens is 178 g/mol. The van der Waals surface area contributed by atoms with Crippen LogP contribution in [0.1, 0.15) is 19.3 Å². The maximum atomic E-state index is 13.5. The first-order valence-corrected chi connectivity index (χ1v) is 4.93. The van der Waals surface area contributed by atoms with Crippen LogP contribution < -0.4 is 10.4 Å². The van der Waals surface area contributed by atoms with Crippen LogP contribution in [0.3, 0.4) is 0 Å². The molecule has 1 fully saturated rings. The van der Waals surface area contributed by atoms with Crippen molar-refractivity contribution in [2.75, 3.05) is 18.0 Å². The highest BCUT2D eigenvalue weighted by Crippen LogP contribution is 2.19. The van der Waals surface area contributed by atoms with E-state index in [4.69, 9.17) is 7.85 Å². The smallest absolute Gasteiger partial charge is 0.164 e. The maximum Gasteiger partial charge on any atom is 0.164 e. The fourth-order valence-electron chi connectivity index (χ4n) is 1.89. The van der Waals surface area contributed by atoms with Gasteiger partial charge >= 0.3 is 0 Å². The largest absolute Gasteiger partial charge is 0.370 e. The van der Waals surface area contributed by atoms with Gasteiger partial charge in [0.1, 0.15) is 7.85 Å². The Kier molecular flexibility index (Phi) is 2.70. The van der Waals surface area contributed by atoms with Gasteiger partial charge in [-0.25, -0.2) is 4.39 Å². The first kappa shape index (κ1) is 9.50. The van der Waals surface area contributed by atoms with Gasteiger partial charge in [0.25, 0.3) is 0 Å². The van der Waals surface area contributed by atoms with Gasteiger partial charge in [-0.3, -0.25) is 4.98 Å². The minimum Gasteiger partial charge on any atom is -0.370 e. The van der Waals surface area contributed by atoms with Crippen molar-refractivity contribution in [2.24, 2.45) is 0 Å². The lowest BCUT2D eigenvalue weighted by Crippen LogP contribution is -2.34. The Hall–Kier alpha value is -1.06. The molecule has 0 aromatic carbocycles. The van der Waals surface area contributed by atoms with Gasteiger partial charge in [0.05, 0.1) is 11.9 Å². The first-order chi connectivity index (χ1) is 6.79. The van der Waals surface area contributed by atoms with Crippen molar-refractivity contribution >= 4 is 19.0 Å². The molecule has 4 heteroatoms. The molecule has 1 aromatic heterocycles. The van der Waals surface area contributed by atoms with E-state index in [9.17, 15) is 4.39 Å². The zero-order valence-corrected chi connectivity index (χ0v) is 8.04. The molecule has 14 heavy (non-hydrogen) atoms. The minimum absolute atomic E-state index is 0.313. The van der Waals surface area contributed by atoms with E-state index in [1.54, 1.807) is 0 Å². The van der Waals surface area contributed by atoms with Crippen LogP contribution in [0, 0.1) is 5.82 Å². The number of halogens is 1. The van der Waals surface area contributed by atoms with E-state index < -0.39 is 0 Å². The molecule has 1 aliphatic heterocycles. The van der Waals surface area contributed by atoms with E-state index in [2.05, 4.69) is 4.98 Å². The quantitative estimate of drug-likeness (QED) is 0.614. The number of piperidine rings is 1. The molecular formula is C10H12BFN2. The summed E-state index contributed by atoms with van der Waals surface area (Å²) in [5.41, 5.74) is 0.964. The standard InChI is InChI=1S/C10H12BFN2/c11-8-6-13-7-9(12)10(8)14-4-2-1-3-5-14/h6-7H,1-5H2. The lowest BCUT2D eigenvalue weighted by Gasteiger charge is -2.30. The number of rotatable bonds is 1. The molecule has 0 saturated carbocycles. The lowest BCUT2D eigenvalue weighted by atomic mass is 9.94. The van der Waals surface area contributed by atoms with Crippen LogP contribution in [0.25, 0.3) is 0 Å². The van der Waals surface area contributed by atoms with Gasteiger partial charge in [-0.05, 0) is 19.3 Å². The maximum absolute atomic E-state index is 13.5. The highest BCUT2D eigenvalue weighted by molar-refractivity contribution is 6.35. The third-order valence-electron chi connectivity index (χ3n) is 2.57. The molecule has 2 radical (unpaired) electrons. The topological polar surface area (TPSA) is 16.1 Å². The summed E-state index contributed by atoms with van der Waals surface area (Å²) in [6, 6.07) is 0. The number of aromatic nitrogens is 1. The van der Waals surface area contributed by atoms with Crippen molar-refractivity contribution in [3.05, 3.63) is 18.2 Å². The second-order valence-corrected chi connectivity index (χ2v) is 3.61. The monoisotopic (exact) mass is 190 g/mol. The second-order valence-electron chi connectivity index (χ2n) is 3.61. The van der Waals surface area contributed by atoms with E-state index in [0.29, 0.717) is 11.2 Å². The van der Waals surface area contributed by atoms with Crippen molar-refractivity contribution < 1.29 is 4.39 Å². The molecule has 72 valence electrons. The Balaban J connectivity index is 2.29. The average molecular weight is 190 g/mol. The Morgan fingerprint density at radius 1 is 1.21 bits per heavy atom. The SMILES string of the molecule is [B]c1cncc(F)c1N1CCCCC1. The van der Waals surface area contributed by atoms with Gasteiger partial charge < -0.3 is 4.90 Å². The molecule has 0 unspecified atom stereocenters. The number of nitrogens with zero attached hydrogens (tertiary/aromatic N) is 2. The fraction of sp³-hybridized carbons (Fsp3) is 0.500. The van der Waals surface area contributed by atoms with Gasteiger partial charge in [-0.15, -0.1) is 0 Å². The molecule has 2 nitrogen and oxygen atoms in total. The second kappa shape index (κ2) is 3.99. The average Bonchev–Trinajstić information content (AvgIpc) is 2.19. The Morgan fingerprint density at radius 2 is 1.93 bits per heavy atom. The van der Waals surface area contributed by atoms with E-state index in [-0.39, 0.29) is 5.82 Å². The molecule has 2 rings (SSSR count). The molecule has 0 amide bonds. The van der Waals surface area contributed by atoms with Crippen LogP contribution in [0.5, 0.6) is 0 Å². The van der Waals surface area contributed by atoms with Gasteiger partial charge in [0.15, 0.2) is 5.82 Å². The highest BCUT2D eigenvalue weighted by atomic mass is 19.1. The summed E-state index contributed by atoms with van der Waals surface area (Å²) in [6.45, 7) is 1.79. The summed E-state index contributed by atoms with van der Waals surface area (Å²) >= 11 is 0. The summed E-state index contributed by atoms with van der Waals surface area (Å²) in [6.07, 6.45) is 6.18. The van der Waals surface area contributed by atoms with E-state index in [0.717, 1.165) is 25.9 Å². The van der Waals surface area contributed by atoms with Gasteiger partial charge in [-0.2, -0.15) is 0 Å². The van der Waals surface area contributed by atoms with Crippen LogP contribution in [0.15, 0.2) is 12.4 Å². The summed E-state index contributed by atoms with van der Waals surface area (Å²) in [5, 5.41) is 0. The zero-order valence-electron chi connectivity index (χ0n) is 8.04. The summed E-state index contributed by atoms with van der Waals surface area (Å²) < 4.78 is 13.5. The van der Waals surface area contributed by atoms with Gasteiger partial charge in [0, 0.05) is 19.3 Å². The summed E-state index contributed by atoms with van der Waals surface area (Å²) in [7, 11) is 5.71. The lowest BCUT2D eigenvalue weighted by molar-refractivity contribution is 0.556. The number of hydrogen-bond donors (Lipinski definition) is 0. The third-order valence-corrected chi connectivity index (χ3v) is 2.57. The molecule has 0 spiro atoms. The summed E-state index contributed by atoms with van der Waals surface area (Å²) in [5.74, 6) is -0.313. The van der Waals surface area contributed by atoms with Crippen molar-refractivity contribution in [3.8, 4) is 0 Å². The van der Waals surface area contributed by atoms with E-state index in [1.807, 2.05) is 4.90 Å². The Labute approximate surface area is 84.5 Å². The molecule has 0 bridgehead atoms. The van der Waals surface area contributed by atoms with Crippen LogP contribution in [0.4, 0.5) is 10.1 Å². The Morgan fingerprint density at radius 3 is 2.57 bits per heavy atom. The normalized spacial score (nSPS) is 17.1. The third kappa shape index (κ3) is 1.74. The number of hydrogen-bond acceptors (Lipinski definition) is 2. The van der Waals surface area contributed by atoms with Crippen LogP contribution >= 0.6 is 0 Å². The van der Waals surface area contributed by atoms with Crippen molar-refractivity contribution in [2.45, 2.75) is 19.3 Å². The van der Waals surface area contributed by atoms with E-state index >= 15 is 0 Å². The number of pyridine rings is 1. The van der Waals surface area contributed by atoms with Crippen LogP contribution in [-0.4, -0.2) is 25.9 Å². The highest BCUT2D eigenvalue weighted by Gasteiger charge is 2.16. The van der Waals surface area contributed by atoms with Crippen molar-refractivity contribution in [3.63, 3.8) is 0 Å². The van der Waals surface area contributed by atoms with Crippen LogP contribution in [-0.2, 0) is 0 Å².